The molecule has 0 aromatic heterocycles. The first kappa shape index (κ1) is 12.4. The largest absolute Gasteiger partial charge is 0.341 e. The molecule has 1 heterocycles. The topological polar surface area (TPSA) is 40.6 Å². The maximum Gasteiger partial charge on any atom is 0.235 e. The highest BCUT2D eigenvalue weighted by Gasteiger charge is 2.21. The van der Waals surface area contributed by atoms with Gasteiger partial charge in [0.25, 0.3) is 0 Å². The van der Waals surface area contributed by atoms with Crippen molar-refractivity contribution in [3.63, 3.8) is 0 Å². The summed E-state index contributed by atoms with van der Waals surface area (Å²) in [4.78, 5) is 26.4. The lowest BCUT2D eigenvalue weighted by atomic mass is 10.3. The number of carbonyl (C=O) groups is 2. The molecular weight excluding hydrogens is 212 g/mol. The normalized spacial score (nSPS) is 19.7. The van der Waals surface area contributed by atoms with Gasteiger partial charge in [-0.2, -0.15) is 12.6 Å². The highest BCUT2D eigenvalue weighted by molar-refractivity contribution is 7.81. The molecular formula is C10H18N2O2S. The van der Waals surface area contributed by atoms with E-state index >= 15 is 0 Å². The van der Waals surface area contributed by atoms with Crippen molar-refractivity contribution in [2.75, 3.05) is 26.2 Å². The summed E-state index contributed by atoms with van der Waals surface area (Å²) in [6.07, 6.45) is 0.853. The van der Waals surface area contributed by atoms with Crippen molar-refractivity contribution in [1.29, 1.82) is 0 Å². The monoisotopic (exact) mass is 230 g/mol. The van der Waals surface area contributed by atoms with Crippen LogP contribution in [0.15, 0.2) is 0 Å². The third-order valence-corrected chi connectivity index (χ3v) is 2.83. The van der Waals surface area contributed by atoms with E-state index < -0.39 is 0 Å². The van der Waals surface area contributed by atoms with Gasteiger partial charge in [0.2, 0.25) is 11.8 Å². The second-order valence-corrected chi connectivity index (χ2v) is 4.64. The first-order valence-corrected chi connectivity index (χ1v) is 5.76. The molecule has 1 unspecified atom stereocenters. The number of amides is 2. The predicted octanol–water partition coefficient (Wildman–Crippen LogP) is 0.385. The van der Waals surface area contributed by atoms with Crippen molar-refractivity contribution in [3.8, 4) is 0 Å². The van der Waals surface area contributed by atoms with Gasteiger partial charge in [-0.05, 0) is 13.3 Å². The Kier molecular flexibility index (Phi) is 4.45. The summed E-state index contributed by atoms with van der Waals surface area (Å²) >= 11 is 4.13. The fourth-order valence-electron chi connectivity index (χ4n) is 1.72. The van der Waals surface area contributed by atoms with Gasteiger partial charge in [0.05, 0.1) is 5.25 Å². The molecule has 1 fully saturated rings. The summed E-state index contributed by atoms with van der Waals surface area (Å²) in [5.41, 5.74) is 0. The molecule has 5 heteroatoms. The summed E-state index contributed by atoms with van der Waals surface area (Å²) in [6.45, 7) is 6.09. The Morgan fingerprint density at radius 2 is 1.67 bits per heavy atom. The van der Waals surface area contributed by atoms with Crippen LogP contribution in [-0.4, -0.2) is 53.0 Å². The maximum atomic E-state index is 11.7. The van der Waals surface area contributed by atoms with Crippen LogP contribution in [0.1, 0.15) is 20.3 Å². The quantitative estimate of drug-likeness (QED) is 0.662. The molecule has 0 spiro atoms. The number of hydrogen-bond acceptors (Lipinski definition) is 3. The van der Waals surface area contributed by atoms with Crippen LogP contribution in [0.2, 0.25) is 0 Å². The van der Waals surface area contributed by atoms with E-state index in [1.165, 1.54) is 0 Å². The van der Waals surface area contributed by atoms with Gasteiger partial charge in [0.1, 0.15) is 0 Å². The molecule has 0 bridgehead atoms. The molecule has 1 aliphatic rings. The standard InChI is InChI=1S/C10H18N2O2S/c1-8(15)10(14)12-5-3-4-11(6-7-12)9(2)13/h8,15H,3-7H2,1-2H3. The summed E-state index contributed by atoms with van der Waals surface area (Å²) < 4.78 is 0. The molecule has 86 valence electrons. The number of rotatable bonds is 1. The van der Waals surface area contributed by atoms with Crippen molar-refractivity contribution in [2.24, 2.45) is 0 Å². The fraction of sp³-hybridized carbons (Fsp3) is 0.800. The minimum absolute atomic E-state index is 0.0590. The van der Waals surface area contributed by atoms with Crippen LogP contribution in [0.25, 0.3) is 0 Å². The van der Waals surface area contributed by atoms with Gasteiger partial charge in [-0.1, -0.05) is 0 Å². The van der Waals surface area contributed by atoms with Gasteiger partial charge in [0.15, 0.2) is 0 Å². The van der Waals surface area contributed by atoms with E-state index in [2.05, 4.69) is 12.6 Å². The predicted molar refractivity (Wildman–Crippen MR) is 61.9 cm³/mol. The van der Waals surface area contributed by atoms with E-state index in [-0.39, 0.29) is 17.1 Å². The molecule has 0 aromatic rings. The Bertz CT molecular complexity index is 256. The lowest BCUT2D eigenvalue weighted by Crippen LogP contribution is -2.39. The molecule has 4 nitrogen and oxygen atoms in total. The van der Waals surface area contributed by atoms with Gasteiger partial charge in [-0.25, -0.2) is 0 Å². The molecule has 0 aliphatic carbocycles. The minimum Gasteiger partial charge on any atom is -0.341 e. The number of carbonyl (C=O) groups excluding carboxylic acids is 2. The molecule has 1 saturated heterocycles. The number of thiol groups is 1. The highest BCUT2D eigenvalue weighted by atomic mass is 32.1. The van der Waals surface area contributed by atoms with Crippen LogP contribution in [0.3, 0.4) is 0 Å². The Labute approximate surface area is 96.0 Å². The van der Waals surface area contributed by atoms with Crippen molar-refractivity contribution < 1.29 is 9.59 Å². The van der Waals surface area contributed by atoms with Crippen LogP contribution in [-0.2, 0) is 9.59 Å². The minimum atomic E-state index is -0.256. The molecule has 0 aromatic carbocycles. The smallest absolute Gasteiger partial charge is 0.235 e. The van der Waals surface area contributed by atoms with Gasteiger partial charge in [0, 0.05) is 33.1 Å². The van der Waals surface area contributed by atoms with Crippen LogP contribution < -0.4 is 0 Å². The zero-order chi connectivity index (χ0) is 11.4. The molecule has 1 atom stereocenters. The lowest BCUT2D eigenvalue weighted by Gasteiger charge is -2.22. The third kappa shape index (κ3) is 3.41. The zero-order valence-electron chi connectivity index (χ0n) is 9.27. The van der Waals surface area contributed by atoms with Crippen LogP contribution in [0.4, 0.5) is 0 Å². The fourth-order valence-corrected chi connectivity index (χ4v) is 1.88. The molecule has 1 rings (SSSR count). The second kappa shape index (κ2) is 5.39. The van der Waals surface area contributed by atoms with E-state index in [1.54, 1.807) is 23.6 Å². The Morgan fingerprint density at radius 1 is 1.13 bits per heavy atom. The van der Waals surface area contributed by atoms with Gasteiger partial charge in [-0.3, -0.25) is 9.59 Å². The molecule has 1 aliphatic heterocycles. The van der Waals surface area contributed by atoms with Gasteiger partial charge >= 0.3 is 0 Å². The SMILES string of the molecule is CC(=O)N1CCCN(C(=O)C(C)S)CC1. The van der Waals surface area contributed by atoms with Crippen molar-refractivity contribution in [2.45, 2.75) is 25.5 Å². The average Bonchev–Trinajstić information content (AvgIpc) is 2.41. The molecule has 0 saturated carbocycles. The Hall–Kier alpha value is -0.710. The highest BCUT2D eigenvalue weighted by Crippen LogP contribution is 2.07. The summed E-state index contributed by atoms with van der Waals surface area (Å²) in [5.74, 6) is 0.145. The van der Waals surface area contributed by atoms with E-state index in [0.717, 1.165) is 19.5 Å². The van der Waals surface area contributed by atoms with Crippen LogP contribution >= 0.6 is 12.6 Å². The van der Waals surface area contributed by atoms with Crippen molar-refractivity contribution in [3.05, 3.63) is 0 Å². The zero-order valence-corrected chi connectivity index (χ0v) is 10.2. The summed E-state index contributed by atoms with van der Waals surface area (Å²) in [7, 11) is 0. The van der Waals surface area contributed by atoms with Crippen molar-refractivity contribution in [1.82, 2.24) is 9.80 Å². The van der Waals surface area contributed by atoms with E-state index in [9.17, 15) is 9.59 Å². The number of hydrogen-bond donors (Lipinski definition) is 1. The van der Waals surface area contributed by atoms with E-state index in [1.807, 2.05) is 0 Å². The first-order valence-electron chi connectivity index (χ1n) is 5.24. The Morgan fingerprint density at radius 3 is 2.20 bits per heavy atom. The molecule has 0 radical (unpaired) electrons. The van der Waals surface area contributed by atoms with Gasteiger partial charge < -0.3 is 9.80 Å². The summed E-state index contributed by atoms with van der Waals surface area (Å²) in [5, 5.41) is -0.256. The third-order valence-electron chi connectivity index (χ3n) is 2.61. The first-order chi connectivity index (χ1) is 7.02. The lowest BCUT2D eigenvalue weighted by molar-refractivity contribution is -0.132. The summed E-state index contributed by atoms with van der Waals surface area (Å²) in [6, 6.07) is 0. The number of nitrogens with zero attached hydrogens (tertiary/aromatic N) is 2. The van der Waals surface area contributed by atoms with E-state index in [4.69, 9.17) is 0 Å². The maximum absolute atomic E-state index is 11.7. The van der Waals surface area contributed by atoms with Gasteiger partial charge in [-0.15, -0.1) is 0 Å². The van der Waals surface area contributed by atoms with Crippen molar-refractivity contribution >= 4 is 24.4 Å². The second-order valence-electron chi connectivity index (χ2n) is 3.86. The Balaban J connectivity index is 2.52. The molecule has 2 amide bonds. The van der Waals surface area contributed by atoms with E-state index in [0.29, 0.717) is 13.1 Å². The molecule has 0 N–H and O–H groups in total. The molecule has 15 heavy (non-hydrogen) atoms. The average molecular weight is 230 g/mol. The van der Waals surface area contributed by atoms with Crippen LogP contribution in [0.5, 0.6) is 0 Å². The van der Waals surface area contributed by atoms with Crippen LogP contribution in [0, 0.1) is 0 Å².